The molecule has 144 valence electrons. The van der Waals surface area contributed by atoms with Crippen molar-refractivity contribution < 1.29 is 9.37 Å². The highest BCUT2D eigenvalue weighted by Gasteiger charge is 2.11. The third-order valence-electron chi connectivity index (χ3n) is 3.52. The van der Waals surface area contributed by atoms with E-state index in [4.69, 9.17) is 51.0 Å². The van der Waals surface area contributed by atoms with Crippen LogP contribution in [-0.4, -0.2) is 22.4 Å². The van der Waals surface area contributed by atoms with Crippen molar-refractivity contribution in [3.63, 3.8) is 0 Å². The molecule has 0 fully saturated rings. The van der Waals surface area contributed by atoms with Gasteiger partial charge in [-0.1, -0.05) is 40.9 Å². The molecule has 0 radical (unpaired) electrons. The zero-order chi connectivity index (χ0) is 20.1. The minimum Gasteiger partial charge on any atom is -0.488 e. The van der Waals surface area contributed by atoms with E-state index in [0.29, 0.717) is 31.9 Å². The summed E-state index contributed by atoms with van der Waals surface area (Å²) in [7, 11) is 0. The maximum absolute atomic E-state index is 6.17. The molecule has 0 saturated carbocycles. The van der Waals surface area contributed by atoms with E-state index in [2.05, 4.69) is 25.1 Å². The molecule has 1 aromatic heterocycles. The number of hydrogen-bond donors (Lipinski definition) is 2. The van der Waals surface area contributed by atoms with Gasteiger partial charge in [0.15, 0.2) is 17.3 Å². The van der Waals surface area contributed by atoms with Crippen LogP contribution in [0.1, 0.15) is 16.8 Å². The Morgan fingerprint density at radius 2 is 1.89 bits per heavy atom. The van der Waals surface area contributed by atoms with Crippen molar-refractivity contribution in [3.8, 4) is 5.75 Å². The topological polar surface area (TPSA) is 125 Å². The van der Waals surface area contributed by atoms with Crippen molar-refractivity contribution in [2.75, 3.05) is 5.73 Å². The predicted molar refractivity (Wildman–Crippen MR) is 109 cm³/mol. The Labute approximate surface area is 174 Å². The van der Waals surface area contributed by atoms with Gasteiger partial charge in [-0.05, 0) is 40.6 Å². The highest BCUT2D eigenvalue weighted by Crippen LogP contribution is 2.27. The van der Waals surface area contributed by atoms with Gasteiger partial charge in [0.05, 0.1) is 6.21 Å². The van der Waals surface area contributed by atoms with Gasteiger partial charge in [-0.25, -0.2) is 4.63 Å². The molecule has 1 heterocycles. The molecule has 0 amide bonds. The lowest BCUT2D eigenvalue weighted by atomic mass is 10.2. The average Bonchev–Trinajstić information content (AvgIpc) is 3.08. The highest BCUT2D eigenvalue weighted by molar-refractivity contribution is 6.36. The van der Waals surface area contributed by atoms with Crippen LogP contribution in [0.15, 0.2) is 51.2 Å². The van der Waals surface area contributed by atoms with Crippen molar-refractivity contribution in [1.29, 1.82) is 0 Å². The van der Waals surface area contributed by atoms with Gasteiger partial charge in [-0.2, -0.15) is 5.10 Å². The van der Waals surface area contributed by atoms with Crippen LogP contribution >= 0.6 is 34.8 Å². The molecule has 2 aromatic carbocycles. The molecule has 0 spiro atoms. The molecule has 0 aliphatic carbocycles. The van der Waals surface area contributed by atoms with E-state index in [-0.39, 0.29) is 24.0 Å². The summed E-state index contributed by atoms with van der Waals surface area (Å²) in [5.74, 6) is 0.461. The number of hydrogen-bond acceptors (Lipinski definition) is 7. The SMILES string of the molecule is N/C(=N/N=C/c1cc(Cl)ccc1OCc1c(Cl)cccc1Cl)c1nonc1N. The molecule has 8 nitrogen and oxygen atoms in total. The maximum atomic E-state index is 6.17. The summed E-state index contributed by atoms with van der Waals surface area (Å²) >= 11 is 18.4. The number of nitrogens with zero attached hydrogens (tertiary/aromatic N) is 4. The molecule has 11 heteroatoms. The van der Waals surface area contributed by atoms with Crippen molar-refractivity contribution >= 4 is 52.7 Å². The second kappa shape index (κ2) is 8.92. The van der Waals surface area contributed by atoms with Crippen LogP contribution in [0.3, 0.4) is 0 Å². The fraction of sp³-hybridized carbons (Fsp3) is 0.0588. The van der Waals surface area contributed by atoms with Crippen molar-refractivity contribution in [3.05, 3.63) is 68.3 Å². The number of halogens is 3. The van der Waals surface area contributed by atoms with Crippen LogP contribution in [0, 0.1) is 0 Å². The lowest BCUT2D eigenvalue weighted by Crippen LogP contribution is -2.15. The Kier molecular flexibility index (Phi) is 6.35. The van der Waals surface area contributed by atoms with Gasteiger partial charge in [0, 0.05) is 26.2 Å². The van der Waals surface area contributed by atoms with Crippen LogP contribution in [0.4, 0.5) is 5.82 Å². The van der Waals surface area contributed by atoms with Crippen molar-refractivity contribution in [1.82, 2.24) is 10.3 Å². The standard InChI is InChI=1S/C17H13Cl3N6O2/c18-10-4-5-14(27-8-11-12(19)2-1-3-13(11)20)9(6-10)7-23-24-16(21)15-17(22)26-28-25-15/h1-7H,8H2,(H2,21,24)(H2,22,26)/b23-7+. The highest BCUT2D eigenvalue weighted by atomic mass is 35.5. The van der Waals surface area contributed by atoms with Crippen molar-refractivity contribution in [2.24, 2.45) is 15.9 Å². The quantitative estimate of drug-likeness (QED) is 0.340. The van der Waals surface area contributed by atoms with E-state index in [1.165, 1.54) is 6.21 Å². The summed E-state index contributed by atoms with van der Waals surface area (Å²) in [6.45, 7) is 0.160. The molecule has 3 aromatic rings. The van der Waals surface area contributed by atoms with Crippen LogP contribution in [0.25, 0.3) is 0 Å². The lowest BCUT2D eigenvalue weighted by molar-refractivity contribution is 0.306. The number of nitrogens with two attached hydrogens (primary N) is 2. The second-order valence-corrected chi connectivity index (χ2v) is 6.65. The molecule has 28 heavy (non-hydrogen) atoms. The summed E-state index contributed by atoms with van der Waals surface area (Å²) in [4.78, 5) is 0. The second-order valence-electron chi connectivity index (χ2n) is 5.40. The summed E-state index contributed by atoms with van der Waals surface area (Å²) in [5, 5.41) is 16.2. The van der Waals surface area contributed by atoms with E-state index in [1.807, 2.05) is 0 Å². The first kappa shape index (κ1) is 19.9. The van der Waals surface area contributed by atoms with Gasteiger partial charge in [0.1, 0.15) is 12.4 Å². The number of amidine groups is 1. The minimum atomic E-state index is -0.0534. The average molecular weight is 440 g/mol. The molecule has 0 saturated heterocycles. The summed E-state index contributed by atoms with van der Waals surface area (Å²) in [6.07, 6.45) is 1.42. The Bertz CT molecular complexity index is 1030. The van der Waals surface area contributed by atoms with Gasteiger partial charge >= 0.3 is 0 Å². The predicted octanol–water partition coefficient (Wildman–Crippen LogP) is 3.93. The number of aromatic nitrogens is 2. The Balaban J connectivity index is 1.80. The fourth-order valence-electron chi connectivity index (χ4n) is 2.15. The third-order valence-corrected chi connectivity index (χ3v) is 4.47. The van der Waals surface area contributed by atoms with Gasteiger partial charge in [-0.15, -0.1) is 5.10 Å². The summed E-state index contributed by atoms with van der Waals surface area (Å²) in [6, 6.07) is 10.3. The normalized spacial score (nSPS) is 11.9. The van der Waals surface area contributed by atoms with Crippen LogP contribution in [-0.2, 0) is 6.61 Å². The Hall–Kier alpha value is -2.81. The van der Waals surface area contributed by atoms with Crippen LogP contribution < -0.4 is 16.2 Å². The number of benzene rings is 2. The van der Waals surface area contributed by atoms with Crippen LogP contribution in [0.2, 0.25) is 15.1 Å². The third kappa shape index (κ3) is 4.72. The molecule has 0 atom stereocenters. The Morgan fingerprint density at radius 3 is 2.57 bits per heavy atom. The zero-order valence-corrected chi connectivity index (χ0v) is 16.4. The molecule has 0 unspecified atom stereocenters. The van der Waals surface area contributed by atoms with E-state index in [9.17, 15) is 0 Å². The number of anilines is 1. The van der Waals surface area contributed by atoms with Gasteiger partial charge in [0.25, 0.3) is 0 Å². The number of nitrogen functional groups attached to an aromatic ring is 1. The first-order valence-electron chi connectivity index (χ1n) is 7.76. The van der Waals surface area contributed by atoms with Gasteiger partial charge in [0.2, 0.25) is 0 Å². The van der Waals surface area contributed by atoms with E-state index in [1.54, 1.807) is 36.4 Å². The zero-order valence-electron chi connectivity index (χ0n) is 14.1. The maximum Gasteiger partial charge on any atom is 0.199 e. The minimum absolute atomic E-state index is 0.0137. The number of rotatable bonds is 6. The smallest absolute Gasteiger partial charge is 0.199 e. The fourth-order valence-corrected chi connectivity index (χ4v) is 2.83. The van der Waals surface area contributed by atoms with E-state index < -0.39 is 0 Å². The first-order chi connectivity index (χ1) is 13.5. The lowest BCUT2D eigenvalue weighted by Gasteiger charge is -2.11. The van der Waals surface area contributed by atoms with Crippen LogP contribution in [0.5, 0.6) is 5.75 Å². The number of ether oxygens (including phenoxy) is 1. The molecule has 0 bridgehead atoms. The molecule has 3 rings (SSSR count). The van der Waals surface area contributed by atoms with E-state index in [0.717, 1.165) is 0 Å². The first-order valence-corrected chi connectivity index (χ1v) is 8.89. The molecular formula is C17H13Cl3N6O2. The monoisotopic (exact) mass is 438 g/mol. The largest absolute Gasteiger partial charge is 0.488 e. The van der Waals surface area contributed by atoms with Gasteiger partial charge < -0.3 is 16.2 Å². The van der Waals surface area contributed by atoms with E-state index >= 15 is 0 Å². The molecule has 0 aliphatic heterocycles. The summed E-state index contributed by atoms with van der Waals surface area (Å²) in [5.41, 5.74) is 12.6. The molecule has 0 aliphatic rings. The van der Waals surface area contributed by atoms with Crippen molar-refractivity contribution in [2.45, 2.75) is 6.61 Å². The summed E-state index contributed by atoms with van der Waals surface area (Å²) < 4.78 is 10.3. The Morgan fingerprint density at radius 1 is 1.14 bits per heavy atom. The molecule has 4 N–H and O–H groups in total. The van der Waals surface area contributed by atoms with Gasteiger partial charge in [-0.3, -0.25) is 0 Å². The molecular weight excluding hydrogens is 427 g/mol.